The van der Waals surface area contributed by atoms with Crippen LogP contribution in [-0.2, 0) is 4.79 Å². The number of amides is 2. The van der Waals surface area contributed by atoms with Crippen molar-refractivity contribution in [2.24, 2.45) is 5.92 Å². The summed E-state index contributed by atoms with van der Waals surface area (Å²) in [6.07, 6.45) is 1.32. The molecule has 18 heavy (non-hydrogen) atoms. The number of rotatable bonds is 3. The van der Waals surface area contributed by atoms with E-state index in [0.717, 1.165) is 0 Å². The topological polar surface area (TPSA) is 81.1 Å². The summed E-state index contributed by atoms with van der Waals surface area (Å²) in [7, 11) is 1.63. The van der Waals surface area contributed by atoms with E-state index in [1.807, 2.05) is 0 Å². The van der Waals surface area contributed by atoms with Crippen LogP contribution in [0.4, 0.5) is 4.79 Å². The van der Waals surface area contributed by atoms with Crippen LogP contribution in [0.15, 0.2) is 0 Å². The van der Waals surface area contributed by atoms with Crippen molar-refractivity contribution in [3.8, 4) is 0 Å². The maximum Gasteiger partial charge on any atom is 0.320 e. The van der Waals surface area contributed by atoms with E-state index >= 15 is 0 Å². The Kier molecular flexibility index (Phi) is 4.56. The van der Waals surface area contributed by atoms with E-state index in [9.17, 15) is 14.7 Å². The molecule has 1 saturated heterocycles. The molecule has 1 atom stereocenters. The maximum absolute atomic E-state index is 12.2. The number of carboxylic acids is 1. The number of aliphatic carboxylic acids is 1. The van der Waals surface area contributed by atoms with Crippen LogP contribution in [0.1, 0.15) is 26.7 Å². The molecular formula is C12H22N2O4. The van der Waals surface area contributed by atoms with E-state index < -0.39 is 17.4 Å². The van der Waals surface area contributed by atoms with Gasteiger partial charge >= 0.3 is 12.0 Å². The number of urea groups is 1. The van der Waals surface area contributed by atoms with Crippen LogP contribution in [0.25, 0.3) is 0 Å². The van der Waals surface area contributed by atoms with Gasteiger partial charge in [-0.2, -0.15) is 0 Å². The second-order valence-corrected chi connectivity index (χ2v) is 5.44. The Bertz CT molecular complexity index is 330. The highest BCUT2D eigenvalue weighted by molar-refractivity contribution is 5.77. The molecule has 0 bridgehead atoms. The average molecular weight is 258 g/mol. The minimum absolute atomic E-state index is 0.133. The molecule has 2 amide bonds. The van der Waals surface area contributed by atoms with Crippen molar-refractivity contribution >= 4 is 12.0 Å². The monoisotopic (exact) mass is 258 g/mol. The quantitative estimate of drug-likeness (QED) is 0.777. The molecule has 1 rings (SSSR count). The summed E-state index contributed by atoms with van der Waals surface area (Å²) in [6.45, 7) is 4.23. The molecule has 0 radical (unpaired) electrons. The number of likely N-dealkylation sites (N-methyl/N-ethyl adjacent to an activating group) is 1. The molecule has 1 aliphatic heterocycles. The lowest BCUT2D eigenvalue weighted by atomic mass is 9.98. The number of nitrogens with zero attached hydrogens (tertiary/aromatic N) is 2. The van der Waals surface area contributed by atoms with Crippen LogP contribution in [0.2, 0.25) is 0 Å². The van der Waals surface area contributed by atoms with Crippen molar-refractivity contribution in [3.05, 3.63) is 0 Å². The first-order chi connectivity index (χ1) is 8.29. The van der Waals surface area contributed by atoms with Gasteiger partial charge in [0, 0.05) is 20.1 Å². The number of piperidine rings is 1. The third kappa shape index (κ3) is 3.13. The minimum Gasteiger partial charge on any atom is -0.481 e. The number of hydrogen-bond donors (Lipinski definition) is 2. The molecule has 0 aliphatic carbocycles. The van der Waals surface area contributed by atoms with E-state index in [-0.39, 0.29) is 19.2 Å². The molecule has 0 aromatic heterocycles. The van der Waals surface area contributed by atoms with Crippen molar-refractivity contribution in [2.45, 2.75) is 32.2 Å². The first-order valence-electron chi connectivity index (χ1n) is 6.16. The summed E-state index contributed by atoms with van der Waals surface area (Å²) in [6, 6.07) is -0.222. The number of likely N-dealkylation sites (tertiary alicyclic amines) is 1. The van der Waals surface area contributed by atoms with Crippen molar-refractivity contribution in [2.75, 3.05) is 26.7 Å². The zero-order valence-electron chi connectivity index (χ0n) is 11.2. The SMILES string of the molecule is CN(C(=O)N1CCC[C@@H](C(=O)O)C1)C(C)(C)CO. The predicted octanol–water partition coefficient (Wildman–Crippen LogP) is 0.606. The largest absolute Gasteiger partial charge is 0.481 e. The summed E-state index contributed by atoms with van der Waals surface area (Å²) in [4.78, 5) is 26.2. The van der Waals surface area contributed by atoms with Crippen LogP contribution in [0.5, 0.6) is 0 Å². The fraction of sp³-hybridized carbons (Fsp3) is 0.833. The second kappa shape index (κ2) is 5.56. The van der Waals surface area contributed by atoms with Crippen molar-refractivity contribution in [3.63, 3.8) is 0 Å². The number of carboxylic acid groups (broad SMARTS) is 1. The third-order valence-electron chi connectivity index (χ3n) is 3.62. The molecular weight excluding hydrogens is 236 g/mol. The fourth-order valence-corrected chi connectivity index (χ4v) is 1.93. The molecule has 6 heteroatoms. The molecule has 104 valence electrons. The average Bonchev–Trinajstić information content (AvgIpc) is 2.37. The van der Waals surface area contributed by atoms with Gasteiger partial charge < -0.3 is 20.0 Å². The van der Waals surface area contributed by atoms with Crippen LogP contribution in [0.3, 0.4) is 0 Å². The Morgan fingerprint density at radius 2 is 2.06 bits per heavy atom. The number of aliphatic hydroxyl groups excluding tert-OH is 1. The lowest BCUT2D eigenvalue weighted by Crippen LogP contribution is -2.55. The number of hydrogen-bond acceptors (Lipinski definition) is 3. The fourth-order valence-electron chi connectivity index (χ4n) is 1.93. The Morgan fingerprint density at radius 1 is 1.44 bits per heavy atom. The number of aliphatic hydroxyl groups is 1. The second-order valence-electron chi connectivity index (χ2n) is 5.44. The Hall–Kier alpha value is -1.30. The summed E-state index contributed by atoms with van der Waals surface area (Å²) in [5, 5.41) is 18.2. The summed E-state index contributed by atoms with van der Waals surface area (Å²) in [5.41, 5.74) is -0.646. The Labute approximate surface area is 107 Å². The van der Waals surface area contributed by atoms with Gasteiger partial charge in [-0.15, -0.1) is 0 Å². The van der Waals surface area contributed by atoms with Gasteiger partial charge in [0.1, 0.15) is 0 Å². The highest BCUT2D eigenvalue weighted by atomic mass is 16.4. The van der Waals surface area contributed by atoms with Gasteiger partial charge in [0.25, 0.3) is 0 Å². The highest BCUT2D eigenvalue weighted by Gasteiger charge is 2.34. The summed E-state index contributed by atoms with van der Waals surface area (Å²) >= 11 is 0. The van der Waals surface area contributed by atoms with E-state index in [4.69, 9.17) is 5.11 Å². The van der Waals surface area contributed by atoms with Gasteiger partial charge in [-0.1, -0.05) is 0 Å². The van der Waals surface area contributed by atoms with Crippen molar-refractivity contribution < 1.29 is 19.8 Å². The van der Waals surface area contributed by atoms with Crippen LogP contribution in [0, 0.1) is 5.92 Å². The number of carbonyl (C=O) groups is 2. The Balaban J connectivity index is 2.69. The predicted molar refractivity (Wildman–Crippen MR) is 66.3 cm³/mol. The molecule has 1 fully saturated rings. The van der Waals surface area contributed by atoms with E-state index in [1.54, 1.807) is 25.8 Å². The molecule has 2 N–H and O–H groups in total. The normalized spacial score (nSPS) is 20.7. The molecule has 0 saturated carbocycles. The number of carbonyl (C=O) groups excluding carboxylic acids is 1. The van der Waals surface area contributed by atoms with E-state index in [0.29, 0.717) is 19.4 Å². The third-order valence-corrected chi connectivity index (χ3v) is 3.62. The first-order valence-corrected chi connectivity index (χ1v) is 6.16. The summed E-state index contributed by atoms with van der Waals surface area (Å²) < 4.78 is 0. The summed E-state index contributed by atoms with van der Waals surface area (Å²) in [5.74, 6) is -1.33. The molecule has 1 aliphatic rings. The standard InChI is InChI=1S/C12H22N2O4/c1-12(2,8-15)13(3)11(18)14-6-4-5-9(7-14)10(16)17/h9,15H,4-8H2,1-3H3,(H,16,17)/t9-/m1/s1. The van der Waals surface area contributed by atoms with Gasteiger partial charge in [-0.25, -0.2) is 4.79 Å². The lowest BCUT2D eigenvalue weighted by molar-refractivity contribution is -0.143. The smallest absolute Gasteiger partial charge is 0.320 e. The lowest BCUT2D eigenvalue weighted by Gasteiger charge is -2.40. The molecule has 6 nitrogen and oxygen atoms in total. The van der Waals surface area contributed by atoms with Gasteiger partial charge in [-0.3, -0.25) is 4.79 Å². The molecule has 1 heterocycles. The molecule has 0 aromatic carbocycles. The molecule has 0 spiro atoms. The molecule has 0 unspecified atom stereocenters. The van der Waals surface area contributed by atoms with Crippen molar-refractivity contribution in [1.29, 1.82) is 0 Å². The molecule has 0 aromatic rings. The van der Waals surface area contributed by atoms with Gasteiger partial charge in [0.2, 0.25) is 0 Å². The highest BCUT2D eigenvalue weighted by Crippen LogP contribution is 2.20. The van der Waals surface area contributed by atoms with Crippen molar-refractivity contribution in [1.82, 2.24) is 9.80 Å². The van der Waals surface area contributed by atoms with Crippen LogP contribution >= 0.6 is 0 Å². The van der Waals surface area contributed by atoms with Gasteiger partial charge in [0.05, 0.1) is 18.1 Å². The zero-order chi connectivity index (χ0) is 13.9. The van der Waals surface area contributed by atoms with Gasteiger partial charge in [-0.05, 0) is 26.7 Å². The first kappa shape index (κ1) is 14.8. The zero-order valence-corrected chi connectivity index (χ0v) is 11.2. The van der Waals surface area contributed by atoms with Crippen LogP contribution in [-0.4, -0.2) is 64.3 Å². The maximum atomic E-state index is 12.2. The minimum atomic E-state index is -0.850. The van der Waals surface area contributed by atoms with Crippen LogP contribution < -0.4 is 0 Å². The Morgan fingerprint density at radius 3 is 2.56 bits per heavy atom. The van der Waals surface area contributed by atoms with E-state index in [2.05, 4.69) is 0 Å². The van der Waals surface area contributed by atoms with Gasteiger partial charge in [0.15, 0.2) is 0 Å². The van der Waals surface area contributed by atoms with E-state index in [1.165, 1.54) is 4.90 Å².